The van der Waals surface area contributed by atoms with Crippen molar-refractivity contribution in [2.45, 2.75) is 0 Å². The van der Waals surface area contributed by atoms with E-state index in [9.17, 15) is 9.59 Å². The third-order valence-corrected chi connectivity index (χ3v) is 4.24. The van der Waals surface area contributed by atoms with Crippen molar-refractivity contribution in [1.29, 1.82) is 0 Å². The summed E-state index contributed by atoms with van der Waals surface area (Å²) in [6, 6.07) is 6.83. The largest absolute Gasteiger partial charge is 0.472 e. The van der Waals surface area contributed by atoms with E-state index in [1.807, 2.05) is 0 Å². The molecule has 1 saturated heterocycles. The molecule has 124 valence electrons. The Kier molecular flexibility index (Phi) is 3.60. The van der Waals surface area contributed by atoms with Gasteiger partial charge in [-0.05, 0) is 24.3 Å². The molecular weight excluding hydrogens is 312 g/mol. The first-order valence-electron chi connectivity index (χ1n) is 7.73. The van der Waals surface area contributed by atoms with E-state index < -0.39 is 0 Å². The summed E-state index contributed by atoms with van der Waals surface area (Å²) in [6.45, 7) is 2.18. The van der Waals surface area contributed by atoms with Gasteiger partial charge in [0.1, 0.15) is 6.26 Å². The van der Waals surface area contributed by atoms with Gasteiger partial charge in [0, 0.05) is 31.7 Å². The van der Waals surface area contributed by atoms with Crippen molar-refractivity contribution in [2.75, 3.05) is 33.0 Å². The van der Waals surface area contributed by atoms with Crippen molar-refractivity contribution in [2.24, 2.45) is 0 Å². The van der Waals surface area contributed by atoms with Gasteiger partial charge in [-0.25, -0.2) is 0 Å². The summed E-state index contributed by atoms with van der Waals surface area (Å²) in [7, 11) is 0. The van der Waals surface area contributed by atoms with Crippen LogP contribution in [0.1, 0.15) is 20.7 Å². The smallest absolute Gasteiger partial charge is 0.257 e. The highest BCUT2D eigenvalue weighted by Gasteiger charge is 2.26. The lowest BCUT2D eigenvalue weighted by Crippen LogP contribution is -2.50. The molecule has 24 heavy (non-hydrogen) atoms. The summed E-state index contributed by atoms with van der Waals surface area (Å²) in [5.74, 6) is 1.11. The molecule has 2 amide bonds. The van der Waals surface area contributed by atoms with Crippen LogP contribution >= 0.6 is 0 Å². The maximum Gasteiger partial charge on any atom is 0.257 e. The fourth-order valence-corrected chi connectivity index (χ4v) is 2.89. The minimum atomic E-state index is -0.0704. The van der Waals surface area contributed by atoms with Crippen molar-refractivity contribution >= 4 is 11.8 Å². The molecular formula is C17H16N2O5. The molecule has 0 radical (unpaired) electrons. The average molecular weight is 328 g/mol. The Morgan fingerprint density at radius 2 is 1.50 bits per heavy atom. The second-order valence-electron chi connectivity index (χ2n) is 5.66. The number of hydrogen-bond donors (Lipinski definition) is 0. The van der Waals surface area contributed by atoms with Crippen LogP contribution in [-0.4, -0.2) is 54.6 Å². The molecule has 7 heteroatoms. The van der Waals surface area contributed by atoms with E-state index in [1.54, 1.807) is 34.1 Å². The molecule has 2 aromatic rings. The second kappa shape index (κ2) is 5.92. The van der Waals surface area contributed by atoms with Gasteiger partial charge in [0.05, 0.1) is 11.8 Å². The van der Waals surface area contributed by atoms with E-state index in [0.717, 1.165) is 0 Å². The van der Waals surface area contributed by atoms with E-state index in [1.165, 1.54) is 12.5 Å². The van der Waals surface area contributed by atoms with E-state index in [-0.39, 0.29) is 18.6 Å². The first-order valence-corrected chi connectivity index (χ1v) is 7.73. The second-order valence-corrected chi connectivity index (χ2v) is 5.66. The summed E-state index contributed by atoms with van der Waals surface area (Å²) in [5.41, 5.74) is 1.10. The number of carbonyl (C=O) groups excluding carboxylic acids is 2. The summed E-state index contributed by atoms with van der Waals surface area (Å²) in [5, 5.41) is 0. The Bertz CT molecular complexity index is 763. The van der Waals surface area contributed by atoms with Crippen LogP contribution in [0.3, 0.4) is 0 Å². The molecule has 7 nitrogen and oxygen atoms in total. The van der Waals surface area contributed by atoms with Gasteiger partial charge in [-0.2, -0.15) is 0 Å². The lowest BCUT2D eigenvalue weighted by Gasteiger charge is -2.34. The van der Waals surface area contributed by atoms with Crippen molar-refractivity contribution in [1.82, 2.24) is 9.80 Å². The predicted octanol–water partition coefficient (Wildman–Crippen LogP) is 1.61. The average Bonchev–Trinajstić information content (AvgIpc) is 3.31. The van der Waals surface area contributed by atoms with Crippen molar-refractivity contribution in [3.05, 3.63) is 47.9 Å². The molecule has 2 aliphatic rings. The zero-order chi connectivity index (χ0) is 16.5. The Morgan fingerprint density at radius 3 is 2.17 bits per heavy atom. The maximum atomic E-state index is 12.6. The molecule has 1 aromatic carbocycles. The Hall–Kier alpha value is -2.96. The quantitative estimate of drug-likeness (QED) is 0.837. The molecule has 0 aliphatic carbocycles. The fourth-order valence-electron chi connectivity index (χ4n) is 2.89. The summed E-state index contributed by atoms with van der Waals surface area (Å²) in [4.78, 5) is 28.4. The van der Waals surface area contributed by atoms with Gasteiger partial charge in [-0.15, -0.1) is 0 Å². The van der Waals surface area contributed by atoms with Crippen molar-refractivity contribution in [3.63, 3.8) is 0 Å². The van der Waals surface area contributed by atoms with Gasteiger partial charge >= 0.3 is 0 Å². The molecule has 0 spiro atoms. The third-order valence-electron chi connectivity index (χ3n) is 4.24. The van der Waals surface area contributed by atoms with Crippen LogP contribution in [-0.2, 0) is 0 Å². The minimum Gasteiger partial charge on any atom is -0.472 e. The number of ether oxygens (including phenoxy) is 2. The van der Waals surface area contributed by atoms with E-state index >= 15 is 0 Å². The molecule has 1 fully saturated rings. The van der Waals surface area contributed by atoms with Crippen LogP contribution < -0.4 is 9.47 Å². The van der Waals surface area contributed by atoms with Gasteiger partial charge in [-0.1, -0.05) is 0 Å². The number of hydrogen-bond acceptors (Lipinski definition) is 5. The first kappa shape index (κ1) is 14.6. The lowest BCUT2D eigenvalue weighted by atomic mass is 10.1. The highest BCUT2D eigenvalue weighted by atomic mass is 16.7. The zero-order valence-electron chi connectivity index (χ0n) is 12.9. The predicted molar refractivity (Wildman–Crippen MR) is 83.1 cm³/mol. The third kappa shape index (κ3) is 2.58. The maximum absolute atomic E-state index is 12.6. The van der Waals surface area contributed by atoms with Crippen LogP contribution in [0.15, 0.2) is 41.2 Å². The Labute approximate surface area is 138 Å². The van der Waals surface area contributed by atoms with Gasteiger partial charge in [0.25, 0.3) is 11.8 Å². The Morgan fingerprint density at radius 1 is 0.833 bits per heavy atom. The molecule has 4 rings (SSSR count). The van der Waals surface area contributed by atoms with E-state index in [2.05, 4.69) is 0 Å². The number of carbonyl (C=O) groups is 2. The van der Waals surface area contributed by atoms with E-state index in [4.69, 9.17) is 13.9 Å². The van der Waals surface area contributed by atoms with Crippen LogP contribution in [0.5, 0.6) is 11.5 Å². The van der Waals surface area contributed by atoms with Gasteiger partial charge in [-0.3, -0.25) is 9.59 Å². The monoisotopic (exact) mass is 328 g/mol. The number of nitrogens with zero attached hydrogens (tertiary/aromatic N) is 2. The van der Waals surface area contributed by atoms with Crippen LogP contribution in [0.2, 0.25) is 0 Å². The SMILES string of the molecule is O=C(c1ccoc1)N1CCN(C(=O)c2ccc3c(c2)OCO3)CC1. The summed E-state index contributed by atoms with van der Waals surface area (Å²) >= 11 is 0. The van der Waals surface area contributed by atoms with Gasteiger partial charge in [0.2, 0.25) is 6.79 Å². The molecule has 0 bridgehead atoms. The minimum absolute atomic E-state index is 0.0660. The number of benzene rings is 1. The summed E-state index contributed by atoms with van der Waals surface area (Å²) < 4.78 is 15.5. The molecule has 2 aliphatic heterocycles. The van der Waals surface area contributed by atoms with Gasteiger partial charge in [0.15, 0.2) is 11.5 Å². The zero-order valence-corrected chi connectivity index (χ0v) is 12.9. The number of furan rings is 1. The number of piperazine rings is 1. The molecule has 0 unspecified atom stereocenters. The van der Waals surface area contributed by atoms with Crippen LogP contribution in [0, 0.1) is 0 Å². The molecule has 0 saturated carbocycles. The van der Waals surface area contributed by atoms with E-state index in [0.29, 0.717) is 48.8 Å². The molecule has 1 aromatic heterocycles. The van der Waals surface area contributed by atoms with Crippen molar-refractivity contribution in [3.8, 4) is 11.5 Å². The topological polar surface area (TPSA) is 72.2 Å². The standard InChI is InChI=1S/C17H16N2O5/c20-16(12-1-2-14-15(9-12)24-11-23-14)18-4-6-19(7-5-18)17(21)13-3-8-22-10-13/h1-3,8-10H,4-7,11H2. The van der Waals surface area contributed by atoms with Crippen molar-refractivity contribution < 1.29 is 23.5 Å². The number of rotatable bonds is 2. The first-order chi connectivity index (χ1) is 11.7. The molecule has 0 atom stereocenters. The van der Waals surface area contributed by atoms with Crippen LogP contribution in [0.4, 0.5) is 0 Å². The number of amides is 2. The normalized spacial score (nSPS) is 16.3. The molecule has 0 N–H and O–H groups in total. The fraction of sp³-hybridized carbons (Fsp3) is 0.294. The lowest BCUT2D eigenvalue weighted by molar-refractivity contribution is 0.0535. The molecule has 3 heterocycles. The highest BCUT2D eigenvalue weighted by Crippen LogP contribution is 2.32. The summed E-state index contributed by atoms with van der Waals surface area (Å²) in [6.07, 6.45) is 2.92. The highest BCUT2D eigenvalue weighted by molar-refractivity contribution is 5.96. The Balaban J connectivity index is 1.40. The number of fused-ring (bicyclic) bond motifs is 1. The van der Waals surface area contributed by atoms with Gasteiger partial charge < -0.3 is 23.7 Å². The van der Waals surface area contributed by atoms with Crippen LogP contribution in [0.25, 0.3) is 0 Å².